The number of hydrogen-bond donors (Lipinski definition) is 0. The van der Waals surface area contributed by atoms with Crippen LogP contribution in [0.2, 0.25) is 0 Å². The molecule has 0 saturated heterocycles. The molecule has 0 amide bonds. The number of para-hydroxylation sites is 2. The van der Waals surface area contributed by atoms with Gasteiger partial charge in [-0.3, -0.25) is 0 Å². The molecule has 328 valence electrons. The summed E-state index contributed by atoms with van der Waals surface area (Å²) in [6.45, 7) is 9.52. The summed E-state index contributed by atoms with van der Waals surface area (Å²) in [4.78, 5) is 2.58. The lowest BCUT2D eigenvalue weighted by Crippen LogP contribution is -2.18. The molecule has 0 saturated carbocycles. The highest BCUT2D eigenvalue weighted by Crippen LogP contribution is 2.59. The Balaban J connectivity index is 1.05. The first kappa shape index (κ1) is 39.7. The largest absolute Gasteiger partial charge is 0.456 e. The Morgan fingerprint density at radius 1 is 0.391 bits per heavy atom. The van der Waals surface area contributed by atoms with Gasteiger partial charge in [0.15, 0.2) is 0 Å². The molecule has 12 aromatic rings. The third-order valence-electron chi connectivity index (χ3n) is 15.6. The highest BCUT2D eigenvalue weighted by molar-refractivity contribution is 6.17. The van der Waals surface area contributed by atoms with Crippen LogP contribution in [0.15, 0.2) is 223 Å². The predicted molar refractivity (Wildman–Crippen MR) is 289 cm³/mol. The first-order valence-corrected chi connectivity index (χ1v) is 24.2. The molecular weight excluding hydrogens is 837 g/mol. The van der Waals surface area contributed by atoms with Crippen molar-refractivity contribution in [1.82, 2.24) is 4.57 Å². The zero-order valence-electron chi connectivity index (χ0n) is 39.1. The van der Waals surface area contributed by atoms with Crippen LogP contribution in [0.3, 0.4) is 0 Å². The van der Waals surface area contributed by atoms with E-state index in [1.54, 1.807) is 0 Å². The maximum Gasteiger partial charge on any atom is 0.137 e. The summed E-state index contributed by atoms with van der Waals surface area (Å²) in [6.07, 6.45) is 0. The van der Waals surface area contributed by atoms with E-state index < -0.39 is 0 Å². The molecule has 69 heavy (non-hydrogen) atoms. The number of nitrogens with zero attached hydrogens (tertiary/aromatic N) is 2. The van der Waals surface area contributed by atoms with Crippen LogP contribution in [0, 0.1) is 0 Å². The Hall–Kier alpha value is -8.40. The van der Waals surface area contributed by atoms with Gasteiger partial charge in [-0.25, -0.2) is 0 Å². The molecule has 14 rings (SSSR count). The van der Waals surface area contributed by atoms with Crippen LogP contribution >= 0.6 is 0 Å². The van der Waals surface area contributed by atoms with E-state index in [0.29, 0.717) is 0 Å². The van der Waals surface area contributed by atoms with Gasteiger partial charge in [-0.05, 0) is 122 Å². The summed E-state index contributed by atoms with van der Waals surface area (Å²) >= 11 is 0. The second-order valence-corrected chi connectivity index (χ2v) is 20.0. The lowest BCUT2D eigenvalue weighted by atomic mass is 9.81. The predicted octanol–water partition coefficient (Wildman–Crippen LogP) is 18.1. The molecule has 0 unspecified atom stereocenters. The lowest BCUT2D eigenvalue weighted by molar-refractivity contribution is 0.660. The van der Waals surface area contributed by atoms with Gasteiger partial charge >= 0.3 is 0 Å². The molecule has 0 N–H and O–H groups in total. The minimum atomic E-state index is -0.207. The maximum absolute atomic E-state index is 6.90. The van der Waals surface area contributed by atoms with Crippen molar-refractivity contribution < 1.29 is 4.42 Å². The molecule has 0 aliphatic heterocycles. The second kappa shape index (κ2) is 14.6. The number of fused-ring (bicyclic) bond motifs is 12. The monoisotopic (exact) mass is 884 g/mol. The molecule has 2 aliphatic rings. The molecular formula is C66H48N2O. The molecule has 3 nitrogen and oxygen atoms in total. The first-order chi connectivity index (χ1) is 33.8. The lowest BCUT2D eigenvalue weighted by Gasteiger charge is -2.33. The van der Waals surface area contributed by atoms with Crippen LogP contribution in [0.5, 0.6) is 0 Å². The van der Waals surface area contributed by atoms with E-state index in [0.717, 1.165) is 50.1 Å². The van der Waals surface area contributed by atoms with Gasteiger partial charge in [-0.2, -0.15) is 0 Å². The SMILES string of the molecule is CC1(C)c2ccccc2-c2ccc(N(c3c(-c4ccccc4)ccc4c3-c3ccccc3C4(C)C)c3cccc4oc5ccc(-c6ccc7c(c6)c6ccccc6n7-c6ccccc6)cc5c34)cc21. The standard InChI is InChI=1S/C66H48N2O/c1-65(2)54-26-15-12-24-50(54)62-55(65)35-34-46(41-18-7-5-8-19-41)64(62)68(45-32-33-48-47-22-11-14-25-53(47)66(3,4)56(48)40-45)59-28-17-29-61-63(59)52-39-43(31-37-60(52)69-61)42-30-36-58-51(38-42)49-23-13-16-27-57(49)67(58)44-20-9-6-10-21-44/h5-40H,1-4H3. The van der Waals surface area contributed by atoms with Crippen LogP contribution in [0.1, 0.15) is 49.9 Å². The van der Waals surface area contributed by atoms with Gasteiger partial charge in [0.05, 0.1) is 27.8 Å². The van der Waals surface area contributed by atoms with Crippen LogP contribution in [-0.4, -0.2) is 4.57 Å². The molecule has 2 heterocycles. The van der Waals surface area contributed by atoms with Crippen LogP contribution < -0.4 is 4.90 Å². The molecule has 3 heteroatoms. The quantitative estimate of drug-likeness (QED) is 0.166. The fraction of sp³-hybridized carbons (Fsp3) is 0.0909. The normalized spacial score (nSPS) is 14.0. The second-order valence-electron chi connectivity index (χ2n) is 20.0. The van der Waals surface area contributed by atoms with Gasteiger partial charge in [0, 0.05) is 49.5 Å². The van der Waals surface area contributed by atoms with Crippen molar-refractivity contribution >= 4 is 60.8 Å². The Morgan fingerprint density at radius 2 is 1.01 bits per heavy atom. The van der Waals surface area contributed by atoms with E-state index >= 15 is 0 Å². The maximum atomic E-state index is 6.90. The summed E-state index contributed by atoms with van der Waals surface area (Å²) in [5.41, 5.74) is 23.4. The smallest absolute Gasteiger partial charge is 0.137 e. The number of furan rings is 1. The molecule has 2 aromatic heterocycles. The van der Waals surface area contributed by atoms with E-state index in [9.17, 15) is 0 Å². The van der Waals surface area contributed by atoms with E-state index in [2.05, 4.69) is 256 Å². The first-order valence-electron chi connectivity index (χ1n) is 24.2. The number of hydrogen-bond acceptors (Lipinski definition) is 2. The molecule has 2 aliphatic carbocycles. The minimum Gasteiger partial charge on any atom is -0.456 e. The van der Waals surface area contributed by atoms with Gasteiger partial charge < -0.3 is 13.9 Å². The van der Waals surface area contributed by atoms with Crippen molar-refractivity contribution in [1.29, 1.82) is 0 Å². The number of rotatable bonds is 6. The van der Waals surface area contributed by atoms with E-state index in [1.165, 1.54) is 83.1 Å². The molecule has 0 spiro atoms. The third kappa shape index (κ3) is 5.68. The Morgan fingerprint density at radius 3 is 1.83 bits per heavy atom. The average molecular weight is 885 g/mol. The summed E-state index contributed by atoms with van der Waals surface area (Å²) in [7, 11) is 0. The summed E-state index contributed by atoms with van der Waals surface area (Å²) in [6, 6.07) is 80.6. The van der Waals surface area contributed by atoms with E-state index in [1.807, 2.05) is 0 Å². The molecule has 10 aromatic carbocycles. The summed E-state index contributed by atoms with van der Waals surface area (Å²) in [5.74, 6) is 0. The Kier molecular flexibility index (Phi) is 8.38. The van der Waals surface area contributed by atoms with Crippen LogP contribution in [0.4, 0.5) is 17.1 Å². The third-order valence-corrected chi connectivity index (χ3v) is 15.6. The Bertz CT molecular complexity index is 4070. The van der Waals surface area contributed by atoms with Crippen molar-refractivity contribution in [2.45, 2.75) is 38.5 Å². The Labute approximate surface area is 402 Å². The van der Waals surface area contributed by atoms with Crippen molar-refractivity contribution in [3.8, 4) is 50.2 Å². The van der Waals surface area contributed by atoms with Crippen LogP contribution in [0.25, 0.3) is 93.9 Å². The number of benzene rings is 10. The van der Waals surface area contributed by atoms with Gasteiger partial charge in [0.2, 0.25) is 0 Å². The number of aromatic nitrogens is 1. The summed E-state index contributed by atoms with van der Waals surface area (Å²) in [5, 5.41) is 4.63. The fourth-order valence-corrected chi connectivity index (χ4v) is 12.3. The molecule has 0 bridgehead atoms. The van der Waals surface area contributed by atoms with E-state index in [4.69, 9.17) is 4.42 Å². The highest BCUT2D eigenvalue weighted by atomic mass is 16.3. The molecule has 0 atom stereocenters. The number of anilines is 3. The minimum absolute atomic E-state index is 0.194. The zero-order chi connectivity index (χ0) is 46.2. The van der Waals surface area contributed by atoms with Crippen molar-refractivity contribution in [2.75, 3.05) is 4.90 Å². The van der Waals surface area contributed by atoms with Crippen molar-refractivity contribution in [3.05, 3.63) is 241 Å². The van der Waals surface area contributed by atoms with Gasteiger partial charge in [-0.15, -0.1) is 0 Å². The van der Waals surface area contributed by atoms with Gasteiger partial charge in [0.1, 0.15) is 11.2 Å². The van der Waals surface area contributed by atoms with Crippen molar-refractivity contribution in [3.63, 3.8) is 0 Å². The zero-order valence-corrected chi connectivity index (χ0v) is 39.1. The van der Waals surface area contributed by atoms with Crippen molar-refractivity contribution in [2.24, 2.45) is 0 Å². The highest BCUT2D eigenvalue weighted by Gasteiger charge is 2.41. The van der Waals surface area contributed by atoms with E-state index in [-0.39, 0.29) is 10.8 Å². The van der Waals surface area contributed by atoms with Crippen LogP contribution in [-0.2, 0) is 10.8 Å². The topological polar surface area (TPSA) is 21.3 Å². The molecule has 0 fully saturated rings. The average Bonchev–Trinajstić information content (AvgIpc) is 4.07. The molecule has 0 radical (unpaired) electrons. The fourth-order valence-electron chi connectivity index (χ4n) is 12.3. The van der Waals surface area contributed by atoms with Gasteiger partial charge in [-0.1, -0.05) is 179 Å². The summed E-state index contributed by atoms with van der Waals surface area (Å²) < 4.78 is 9.28. The van der Waals surface area contributed by atoms with Gasteiger partial charge in [0.25, 0.3) is 0 Å².